The molecular weight excluding hydrogens is 356 g/mol. The Morgan fingerprint density at radius 3 is 2.65 bits per heavy atom. The first-order valence-corrected chi connectivity index (χ1v) is 8.23. The zero-order valence-electron chi connectivity index (χ0n) is 13.5. The van der Waals surface area contributed by atoms with E-state index in [1.54, 1.807) is 7.11 Å². The molecule has 5 heteroatoms. The molecule has 1 amide bonds. The normalized spacial score (nSPS) is 11.8. The Hall–Kier alpha value is -1.85. The first-order valence-electron chi connectivity index (χ1n) is 7.43. The first-order chi connectivity index (χ1) is 11.0. The van der Waals surface area contributed by atoms with Crippen molar-refractivity contribution in [2.75, 3.05) is 19.0 Å². The van der Waals surface area contributed by atoms with Crippen LogP contribution in [0.4, 0.5) is 5.69 Å². The summed E-state index contributed by atoms with van der Waals surface area (Å²) >= 11 is 3.48. The predicted octanol–water partition coefficient (Wildman–Crippen LogP) is 4.06. The summed E-state index contributed by atoms with van der Waals surface area (Å²) in [4.78, 5) is 12.1. The number of aryl methyl sites for hydroxylation is 1. The van der Waals surface area contributed by atoms with Gasteiger partial charge in [0.1, 0.15) is 5.75 Å². The monoisotopic (exact) mass is 376 g/mol. The van der Waals surface area contributed by atoms with Crippen molar-refractivity contribution in [1.29, 1.82) is 0 Å². The van der Waals surface area contributed by atoms with Gasteiger partial charge in [0.2, 0.25) is 5.91 Å². The Kier molecular flexibility index (Phi) is 6.19. The molecule has 23 heavy (non-hydrogen) atoms. The minimum atomic E-state index is -0.0567. The van der Waals surface area contributed by atoms with Gasteiger partial charge < -0.3 is 15.4 Å². The van der Waals surface area contributed by atoms with E-state index in [1.807, 2.05) is 56.3 Å². The molecular formula is C18H21BrN2O2. The van der Waals surface area contributed by atoms with Crippen molar-refractivity contribution in [2.45, 2.75) is 19.9 Å². The van der Waals surface area contributed by atoms with Gasteiger partial charge in [-0.05, 0) is 59.1 Å². The smallest absolute Gasteiger partial charge is 0.238 e. The van der Waals surface area contributed by atoms with Crippen LogP contribution in [0.2, 0.25) is 0 Å². The number of anilines is 1. The number of amides is 1. The number of nitrogens with one attached hydrogen (secondary N) is 2. The summed E-state index contributed by atoms with van der Waals surface area (Å²) in [5.74, 6) is 0.733. The highest BCUT2D eigenvalue weighted by Gasteiger charge is 2.10. The summed E-state index contributed by atoms with van der Waals surface area (Å²) in [6, 6.07) is 13.7. The number of halogens is 1. The number of carbonyl (C=O) groups is 1. The maximum Gasteiger partial charge on any atom is 0.238 e. The molecule has 0 spiro atoms. The molecule has 0 saturated carbocycles. The van der Waals surface area contributed by atoms with E-state index in [9.17, 15) is 4.79 Å². The lowest BCUT2D eigenvalue weighted by Gasteiger charge is -2.16. The van der Waals surface area contributed by atoms with Crippen molar-refractivity contribution in [2.24, 2.45) is 0 Å². The van der Waals surface area contributed by atoms with Crippen LogP contribution in [0.15, 0.2) is 46.9 Å². The van der Waals surface area contributed by atoms with E-state index in [0.29, 0.717) is 0 Å². The molecule has 1 atom stereocenters. The summed E-state index contributed by atoms with van der Waals surface area (Å²) < 4.78 is 6.12. The van der Waals surface area contributed by atoms with Crippen LogP contribution in [-0.2, 0) is 4.79 Å². The summed E-state index contributed by atoms with van der Waals surface area (Å²) in [5, 5.41) is 6.15. The van der Waals surface area contributed by atoms with E-state index in [-0.39, 0.29) is 18.5 Å². The van der Waals surface area contributed by atoms with Crippen molar-refractivity contribution in [3.63, 3.8) is 0 Å². The maximum atomic E-state index is 12.1. The Morgan fingerprint density at radius 2 is 2.00 bits per heavy atom. The largest absolute Gasteiger partial charge is 0.496 e. The number of carbonyl (C=O) groups excluding carboxylic acids is 1. The summed E-state index contributed by atoms with van der Waals surface area (Å²) in [6.07, 6.45) is 0. The third-order valence-electron chi connectivity index (χ3n) is 3.66. The lowest BCUT2D eigenvalue weighted by Crippen LogP contribution is -2.30. The second-order valence-corrected chi connectivity index (χ2v) is 6.21. The van der Waals surface area contributed by atoms with E-state index in [2.05, 4.69) is 26.6 Å². The van der Waals surface area contributed by atoms with Crippen LogP contribution in [0, 0.1) is 6.92 Å². The van der Waals surface area contributed by atoms with Crippen molar-refractivity contribution in [3.05, 3.63) is 58.1 Å². The van der Waals surface area contributed by atoms with Gasteiger partial charge in [-0.25, -0.2) is 0 Å². The topological polar surface area (TPSA) is 50.4 Å². The number of hydrogen-bond donors (Lipinski definition) is 2. The minimum Gasteiger partial charge on any atom is -0.496 e. The van der Waals surface area contributed by atoms with Crippen LogP contribution in [0.3, 0.4) is 0 Å². The first kappa shape index (κ1) is 17.5. The molecule has 0 heterocycles. The molecule has 122 valence electrons. The SMILES string of the molecule is COc1ccc([C@@H](C)NCC(=O)Nc2ccccc2C)cc1Br. The van der Waals surface area contributed by atoms with Crippen LogP contribution in [0.25, 0.3) is 0 Å². The molecule has 0 aromatic heterocycles. The van der Waals surface area contributed by atoms with Crippen molar-refractivity contribution >= 4 is 27.5 Å². The number of hydrogen-bond acceptors (Lipinski definition) is 3. The molecule has 0 bridgehead atoms. The fourth-order valence-electron chi connectivity index (χ4n) is 2.22. The quantitative estimate of drug-likeness (QED) is 0.799. The van der Waals surface area contributed by atoms with Gasteiger partial charge in [0.15, 0.2) is 0 Å². The summed E-state index contributed by atoms with van der Waals surface area (Å²) in [6.45, 7) is 4.25. The van der Waals surface area contributed by atoms with E-state index >= 15 is 0 Å². The van der Waals surface area contributed by atoms with Gasteiger partial charge in [0.05, 0.1) is 18.1 Å². The van der Waals surface area contributed by atoms with E-state index in [4.69, 9.17) is 4.74 Å². The predicted molar refractivity (Wildman–Crippen MR) is 96.9 cm³/mol. The van der Waals surface area contributed by atoms with Gasteiger partial charge in [-0.15, -0.1) is 0 Å². The number of para-hydroxylation sites is 1. The molecule has 0 aliphatic heterocycles. The highest BCUT2D eigenvalue weighted by molar-refractivity contribution is 9.10. The summed E-state index contributed by atoms with van der Waals surface area (Å²) in [7, 11) is 1.64. The van der Waals surface area contributed by atoms with E-state index < -0.39 is 0 Å². The highest BCUT2D eigenvalue weighted by atomic mass is 79.9. The molecule has 0 saturated heterocycles. The number of benzene rings is 2. The number of rotatable bonds is 6. The Morgan fingerprint density at radius 1 is 1.26 bits per heavy atom. The van der Waals surface area contributed by atoms with Crippen LogP contribution < -0.4 is 15.4 Å². The van der Waals surface area contributed by atoms with Crippen molar-refractivity contribution in [1.82, 2.24) is 5.32 Å². The van der Waals surface area contributed by atoms with E-state index in [1.165, 1.54) is 0 Å². The molecule has 0 fully saturated rings. The molecule has 2 aromatic carbocycles. The van der Waals surface area contributed by atoms with E-state index in [0.717, 1.165) is 27.0 Å². The summed E-state index contributed by atoms with van der Waals surface area (Å²) in [5.41, 5.74) is 2.98. The van der Waals surface area contributed by atoms with Crippen LogP contribution >= 0.6 is 15.9 Å². The van der Waals surface area contributed by atoms with Gasteiger partial charge in [0.25, 0.3) is 0 Å². The van der Waals surface area contributed by atoms with Crippen molar-refractivity contribution < 1.29 is 9.53 Å². The number of ether oxygens (including phenoxy) is 1. The molecule has 2 aromatic rings. The fraction of sp³-hybridized carbons (Fsp3) is 0.278. The average molecular weight is 377 g/mol. The van der Waals surface area contributed by atoms with Gasteiger partial charge in [0, 0.05) is 11.7 Å². The Labute approximate surface area is 145 Å². The Bertz CT molecular complexity index is 688. The fourth-order valence-corrected chi connectivity index (χ4v) is 2.78. The van der Waals surface area contributed by atoms with Gasteiger partial charge in [-0.3, -0.25) is 4.79 Å². The van der Waals surface area contributed by atoms with Gasteiger partial charge in [-0.2, -0.15) is 0 Å². The minimum absolute atomic E-state index is 0.0554. The van der Waals surface area contributed by atoms with Crippen LogP contribution in [0.5, 0.6) is 5.75 Å². The molecule has 0 radical (unpaired) electrons. The van der Waals surface area contributed by atoms with Crippen molar-refractivity contribution in [3.8, 4) is 5.75 Å². The zero-order chi connectivity index (χ0) is 16.8. The zero-order valence-corrected chi connectivity index (χ0v) is 15.1. The molecule has 0 unspecified atom stereocenters. The standard InChI is InChI=1S/C18H21BrN2O2/c1-12-6-4-5-7-16(12)21-18(22)11-20-13(2)14-8-9-17(23-3)15(19)10-14/h4-10,13,20H,11H2,1-3H3,(H,21,22)/t13-/m1/s1. The molecule has 0 aliphatic rings. The molecule has 2 rings (SSSR count). The molecule has 0 aliphatic carbocycles. The third kappa shape index (κ3) is 4.81. The molecule has 4 nitrogen and oxygen atoms in total. The van der Waals surface area contributed by atoms with Crippen LogP contribution in [-0.4, -0.2) is 19.6 Å². The lowest BCUT2D eigenvalue weighted by molar-refractivity contribution is -0.115. The third-order valence-corrected chi connectivity index (χ3v) is 4.28. The second-order valence-electron chi connectivity index (χ2n) is 5.36. The molecule has 2 N–H and O–H groups in total. The van der Waals surface area contributed by atoms with Gasteiger partial charge >= 0.3 is 0 Å². The average Bonchev–Trinajstić information content (AvgIpc) is 2.54. The number of methoxy groups -OCH3 is 1. The maximum absolute atomic E-state index is 12.1. The van der Waals surface area contributed by atoms with Crippen LogP contribution in [0.1, 0.15) is 24.1 Å². The Balaban J connectivity index is 1.91. The highest BCUT2D eigenvalue weighted by Crippen LogP contribution is 2.27. The van der Waals surface area contributed by atoms with Gasteiger partial charge in [-0.1, -0.05) is 24.3 Å². The second kappa shape index (κ2) is 8.13. The lowest BCUT2D eigenvalue weighted by atomic mass is 10.1.